The number of nitrogens with one attached hydrogen (secondary N) is 1. The van der Waals surface area contributed by atoms with E-state index < -0.39 is 0 Å². The number of benzene rings is 9. The summed E-state index contributed by atoms with van der Waals surface area (Å²) in [5.41, 5.74) is 15.2. The lowest BCUT2D eigenvalue weighted by Gasteiger charge is -2.15. The summed E-state index contributed by atoms with van der Waals surface area (Å²) in [6.07, 6.45) is 0. The molecule has 268 valence electrons. The van der Waals surface area contributed by atoms with Gasteiger partial charge in [-0.05, 0) is 93.5 Å². The fourth-order valence-corrected chi connectivity index (χ4v) is 9.73. The lowest BCUT2D eigenvalue weighted by atomic mass is 9.97. The minimum atomic E-state index is 1.06. The van der Waals surface area contributed by atoms with Crippen LogP contribution < -0.4 is 5.32 Å². The third kappa shape index (κ3) is 5.88. The third-order valence-electron chi connectivity index (χ3n) is 11.2. The molecule has 0 aliphatic carbocycles. The molecule has 2 heterocycles. The summed E-state index contributed by atoms with van der Waals surface area (Å²) in [4.78, 5) is 0. The second-order valence-corrected chi connectivity index (χ2v) is 15.7. The standard InChI is InChI=1S/C54H36N2S/c1-2-14-36(15-3-1)38-17-11-20-42(33-38)55-50-27-7-4-22-44(50)40-18-10-16-37(32-40)39-30-31-47-46-23-5-8-28-51(46)56(52(47)35-39)43-21-12-19-41(34-43)45-25-13-26-49-48-24-6-9-29-53(48)57-54(45)49/h1-35,55H. The van der Waals surface area contributed by atoms with E-state index in [1.54, 1.807) is 0 Å². The van der Waals surface area contributed by atoms with Gasteiger partial charge in [-0.25, -0.2) is 0 Å². The van der Waals surface area contributed by atoms with Gasteiger partial charge in [-0.1, -0.05) is 158 Å². The number of fused-ring (bicyclic) bond motifs is 6. The lowest BCUT2D eigenvalue weighted by Crippen LogP contribution is -1.95. The van der Waals surface area contributed by atoms with Crippen molar-refractivity contribution in [2.75, 3.05) is 5.32 Å². The van der Waals surface area contributed by atoms with Crippen molar-refractivity contribution in [3.63, 3.8) is 0 Å². The van der Waals surface area contributed by atoms with E-state index in [0.29, 0.717) is 0 Å². The van der Waals surface area contributed by atoms with E-state index in [1.165, 1.54) is 80.9 Å². The smallest absolute Gasteiger partial charge is 0.0547 e. The molecule has 0 saturated carbocycles. The first kappa shape index (κ1) is 33.2. The van der Waals surface area contributed by atoms with Gasteiger partial charge in [0.1, 0.15) is 0 Å². The summed E-state index contributed by atoms with van der Waals surface area (Å²) in [6.45, 7) is 0. The molecule has 11 rings (SSSR count). The summed E-state index contributed by atoms with van der Waals surface area (Å²) >= 11 is 1.88. The number of rotatable bonds is 7. The molecule has 0 spiro atoms. The van der Waals surface area contributed by atoms with Gasteiger partial charge in [-0.15, -0.1) is 11.3 Å². The van der Waals surface area contributed by atoms with Crippen molar-refractivity contribution >= 4 is 64.7 Å². The van der Waals surface area contributed by atoms with Crippen LogP contribution in [0.15, 0.2) is 212 Å². The molecular weight excluding hydrogens is 709 g/mol. The Kier molecular flexibility index (Phi) is 8.04. The molecule has 11 aromatic rings. The number of anilines is 2. The van der Waals surface area contributed by atoms with Crippen molar-refractivity contribution < 1.29 is 0 Å². The van der Waals surface area contributed by atoms with Gasteiger partial charge in [0.25, 0.3) is 0 Å². The summed E-state index contributed by atoms with van der Waals surface area (Å²) in [7, 11) is 0. The van der Waals surface area contributed by atoms with Gasteiger partial charge in [0, 0.05) is 53.6 Å². The molecule has 0 fully saturated rings. The van der Waals surface area contributed by atoms with Crippen LogP contribution in [0, 0.1) is 0 Å². The lowest BCUT2D eigenvalue weighted by molar-refractivity contribution is 1.18. The highest BCUT2D eigenvalue weighted by molar-refractivity contribution is 7.26. The number of thiophene rings is 1. The van der Waals surface area contributed by atoms with E-state index in [0.717, 1.165) is 22.6 Å². The van der Waals surface area contributed by atoms with Crippen molar-refractivity contribution in [2.24, 2.45) is 0 Å². The fourth-order valence-electron chi connectivity index (χ4n) is 8.49. The highest BCUT2D eigenvalue weighted by atomic mass is 32.1. The zero-order valence-electron chi connectivity index (χ0n) is 31.1. The highest BCUT2D eigenvalue weighted by Gasteiger charge is 2.16. The second-order valence-electron chi connectivity index (χ2n) is 14.6. The van der Waals surface area contributed by atoms with Crippen molar-refractivity contribution in [1.29, 1.82) is 0 Å². The van der Waals surface area contributed by atoms with E-state index in [2.05, 4.69) is 222 Å². The largest absolute Gasteiger partial charge is 0.355 e. The Bertz CT molecular complexity index is 3280. The molecule has 2 nitrogen and oxygen atoms in total. The van der Waals surface area contributed by atoms with Gasteiger partial charge in [-0.3, -0.25) is 0 Å². The molecule has 0 atom stereocenters. The van der Waals surface area contributed by atoms with Crippen LogP contribution in [0.4, 0.5) is 11.4 Å². The first-order valence-corrected chi connectivity index (χ1v) is 20.2. The minimum absolute atomic E-state index is 1.06. The Morgan fingerprint density at radius 1 is 0.351 bits per heavy atom. The van der Waals surface area contributed by atoms with Crippen LogP contribution in [0.25, 0.3) is 92.2 Å². The minimum Gasteiger partial charge on any atom is -0.355 e. The van der Waals surface area contributed by atoms with Crippen molar-refractivity contribution in [3.8, 4) is 50.2 Å². The molecule has 1 N–H and O–H groups in total. The van der Waals surface area contributed by atoms with Crippen LogP contribution in [0.2, 0.25) is 0 Å². The molecular formula is C54H36N2S. The third-order valence-corrected chi connectivity index (χ3v) is 12.4. The predicted molar refractivity (Wildman–Crippen MR) is 245 cm³/mol. The van der Waals surface area contributed by atoms with Crippen LogP contribution >= 0.6 is 11.3 Å². The first-order valence-electron chi connectivity index (χ1n) is 19.4. The molecule has 0 radical (unpaired) electrons. The quantitative estimate of drug-likeness (QED) is 0.172. The summed E-state index contributed by atoms with van der Waals surface area (Å²) in [6, 6.07) is 76.9. The first-order chi connectivity index (χ1) is 28.2. The molecule has 0 bridgehead atoms. The van der Waals surface area contributed by atoms with E-state index in [-0.39, 0.29) is 0 Å². The number of hydrogen-bond donors (Lipinski definition) is 1. The molecule has 0 saturated heterocycles. The van der Waals surface area contributed by atoms with Gasteiger partial charge in [-0.2, -0.15) is 0 Å². The predicted octanol–water partition coefficient (Wildman–Crippen LogP) is 15.6. The van der Waals surface area contributed by atoms with Crippen molar-refractivity contribution in [2.45, 2.75) is 0 Å². The molecule has 0 amide bonds. The van der Waals surface area contributed by atoms with E-state index >= 15 is 0 Å². The van der Waals surface area contributed by atoms with Gasteiger partial charge < -0.3 is 9.88 Å². The average molecular weight is 745 g/mol. The zero-order chi connectivity index (χ0) is 37.7. The molecule has 9 aromatic carbocycles. The Morgan fingerprint density at radius 2 is 0.965 bits per heavy atom. The Balaban J connectivity index is 0.991. The Labute approximate surface area is 335 Å². The van der Waals surface area contributed by atoms with Crippen molar-refractivity contribution in [1.82, 2.24) is 4.57 Å². The van der Waals surface area contributed by atoms with Crippen LogP contribution in [0.3, 0.4) is 0 Å². The van der Waals surface area contributed by atoms with Gasteiger partial charge >= 0.3 is 0 Å². The Morgan fingerprint density at radius 3 is 1.88 bits per heavy atom. The number of para-hydroxylation sites is 2. The second kappa shape index (κ2) is 13.8. The van der Waals surface area contributed by atoms with E-state index in [9.17, 15) is 0 Å². The summed E-state index contributed by atoms with van der Waals surface area (Å²) in [5, 5.41) is 8.87. The van der Waals surface area contributed by atoms with Crippen LogP contribution in [0.1, 0.15) is 0 Å². The van der Waals surface area contributed by atoms with Crippen LogP contribution in [0.5, 0.6) is 0 Å². The number of hydrogen-bond acceptors (Lipinski definition) is 2. The molecule has 57 heavy (non-hydrogen) atoms. The fraction of sp³-hybridized carbons (Fsp3) is 0. The average Bonchev–Trinajstić information content (AvgIpc) is 3.83. The number of nitrogens with zero attached hydrogens (tertiary/aromatic N) is 1. The Hall–Kier alpha value is -7.20. The highest BCUT2D eigenvalue weighted by Crippen LogP contribution is 2.42. The van der Waals surface area contributed by atoms with E-state index in [1.807, 2.05) is 11.3 Å². The van der Waals surface area contributed by atoms with Gasteiger partial charge in [0.15, 0.2) is 0 Å². The maximum Gasteiger partial charge on any atom is 0.0547 e. The zero-order valence-corrected chi connectivity index (χ0v) is 31.9. The molecule has 2 aromatic heterocycles. The maximum atomic E-state index is 3.74. The molecule has 0 aliphatic rings. The van der Waals surface area contributed by atoms with Gasteiger partial charge in [0.05, 0.1) is 11.0 Å². The van der Waals surface area contributed by atoms with Crippen molar-refractivity contribution in [3.05, 3.63) is 212 Å². The van der Waals surface area contributed by atoms with Crippen LogP contribution in [-0.4, -0.2) is 4.57 Å². The maximum absolute atomic E-state index is 3.74. The summed E-state index contributed by atoms with van der Waals surface area (Å²) < 4.78 is 5.09. The topological polar surface area (TPSA) is 17.0 Å². The van der Waals surface area contributed by atoms with E-state index in [4.69, 9.17) is 0 Å². The molecule has 0 unspecified atom stereocenters. The number of aromatic nitrogens is 1. The van der Waals surface area contributed by atoms with Gasteiger partial charge in [0.2, 0.25) is 0 Å². The molecule has 3 heteroatoms. The summed E-state index contributed by atoms with van der Waals surface area (Å²) in [5.74, 6) is 0. The monoisotopic (exact) mass is 744 g/mol. The van der Waals surface area contributed by atoms with Crippen LogP contribution in [-0.2, 0) is 0 Å². The SMILES string of the molecule is c1ccc(-c2cccc(Nc3ccccc3-c3cccc(-c4ccc5c6ccccc6n(-c6cccc(-c7cccc8c7sc7ccccc78)c6)c5c4)c3)c2)cc1. The normalized spacial score (nSPS) is 11.5. The molecule has 0 aliphatic heterocycles.